The van der Waals surface area contributed by atoms with Crippen LogP contribution in [0.2, 0.25) is 5.02 Å². The highest BCUT2D eigenvalue weighted by atomic mass is 35.5. The summed E-state index contributed by atoms with van der Waals surface area (Å²) in [6.07, 6.45) is 1.47. The second kappa shape index (κ2) is 8.52. The second-order valence-electron chi connectivity index (χ2n) is 7.16. The summed E-state index contributed by atoms with van der Waals surface area (Å²) in [6.45, 7) is -0.503. The van der Waals surface area contributed by atoms with E-state index in [1.807, 2.05) is 0 Å². The quantitative estimate of drug-likeness (QED) is 0.408. The molecule has 0 saturated carbocycles. The largest absolute Gasteiger partial charge is 0.350 e. The van der Waals surface area contributed by atoms with E-state index in [4.69, 9.17) is 16.1 Å². The van der Waals surface area contributed by atoms with E-state index in [1.165, 1.54) is 10.6 Å². The van der Waals surface area contributed by atoms with Crippen molar-refractivity contribution in [2.24, 2.45) is 0 Å². The van der Waals surface area contributed by atoms with Crippen LogP contribution in [0.3, 0.4) is 0 Å². The molecule has 1 N–H and O–H groups in total. The topological polar surface area (TPSA) is 107 Å². The normalized spacial score (nSPS) is 11.1. The molecule has 0 spiro atoms. The minimum atomic E-state index is -0.939. The number of aromatic nitrogens is 5. The predicted octanol–water partition coefficient (Wildman–Crippen LogP) is 3.78. The Morgan fingerprint density at radius 3 is 2.68 bits per heavy atom. The Morgan fingerprint density at radius 2 is 1.91 bits per heavy atom. The van der Waals surface area contributed by atoms with Crippen LogP contribution in [0.15, 0.2) is 70.1 Å². The molecule has 0 aliphatic rings. The molecule has 0 atom stereocenters. The summed E-state index contributed by atoms with van der Waals surface area (Å²) in [4.78, 5) is 29.5. The van der Waals surface area contributed by atoms with Crippen LogP contribution in [0, 0.1) is 11.6 Å². The fraction of sp³-hybridized carbons (Fsp3) is 0.0455. The van der Waals surface area contributed by atoms with Gasteiger partial charge in [-0.3, -0.25) is 4.79 Å². The minimum absolute atomic E-state index is 0.116. The molecule has 9 nitrogen and oxygen atoms in total. The molecule has 3 heterocycles. The van der Waals surface area contributed by atoms with Crippen LogP contribution in [-0.2, 0) is 11.3 Å². The number of hydrogen-bond donors (Lipinski definition) is 1. The third kappa shape index (κ3) is 4.04. The van der Waals surface area contributed by atoms with Crippen LogP contribution in [0.1, 0.15) is 0 Å². The average Bonchev–Trinajstić information content (AvgIpc) is 3.42. The van der Waals surface area contributed by atoms with Gasteiger partial charge in [-0.05, 0) is 48.5 Å². The Hall–Kier alpha value is -4.38. The van der Waals surface area contributed by atoms with Gasteiger partial charge >= 0.3 is 5.69 Å². The van der Waals surface area contributed by atoms with Crippen LogP contribution in [-0.4, -0.2) is 30.2 Å². The average molecular weight is 483 g/mol. The number of nitrogens with zero attached hydrogens (tertiary/aromatic N) is 5. The number of pyridine rings is 1. The molecule has 3 aromatic heterocycles. The maximum atomic E-state index is 13.8. The van der Waals surface area contributed by atoms with E-state index >= 15 is 0 Å². The number of hydrogen-bond acceptors (Lipinski definition) is 6. The van der Waals surface area contributed by atoms with Crippen LogP contribution < -0.4 is 11.0 Å². The summed E-state index contributed by atoms with van der Waals surface area (Å²) in [5.41, 5.74) is 0.406. The summed E-state index contributed by atoms with van der Waals surface area (Å²) in [6, 6.07) is 12.8. The van der Waals surface area contributed by atoms with E-state index in [1.54, 1.807) is 36.4 Å². The van der Waals surface area contributed by atoms with E-state index in [2.05, 4.69) is 20.6 Å². The van der Waals surface area contributed by atoms with Gasteiger partial charge in [-0.2, -0.15) is 4.98 Å². The molecule has 170 valence electrons. The number of amides is 1. The van der Waals surface area contributed by atoms with Crippen LogP contribution >= 0.6 is 11.6 Å². The summed E-state index contributed by atoms with van der Waals surface area (Å²) in [5.74, 6) is -2.01. The first-order valence-corrected chi connectivity index (χ1v) is 10.2. The van der Waals surface area contributed by atoms with Gasteiger partial charge < -0.3 is 9.84 Å². The number of anilines is 1. The van der Waals surface area contributed by atoms with Crippen molar-refractivity contribution in [1.82, 2.24) is 24.3 Å². The van der Waals surface area contributed by atoms with Gasteiger partial charge in [0.1, 0.15) is 18.2 Å². The number of carbonyl (C=O) groups excluding carboxylic acids is 1. The molecular weight excluding hydrogens is 470 g/mol. The van der Waals surface area contributed by atoms with Gasteiger partial charge in [0.25, 0.3) is 5.89 Å². The summed E-state index contributed by atoms with van der Waals surface area (Å²) >= 11 is 5.91. The fourth-order valence-electron chi connectivity index (χ4n) is 3.27. The molecule has 0 aliphatic heterocycles. The Morgan fingerprint density at radius 1 is 1.12 bits per heavy atom. The first kappa shape index (κ1) is 21.5. The SMILES string of the molecule is O=C(Cn1nc2c(-c3nc(-c4ccc(Cl)cc4)no3)cccn2c1=O)Nc1ccc(F)cc1F. The molecule has 2 aromatic carbocycles. The molecule has 5 aromatic rings. The Bertz CT molecular complexity index is 1590. The number of carbonyl (C=O) groups is 1. The Labute approximate surface area is 194 Å². The zero-order chi connectivity index (χ0) is 23.8. The van der Waals surface area contributed by atoms with Crippen molar-refractivity contribution in [2.45, 2.75) is 6.54 Å². The molecular formula is C22H13ClF2N6O3. The molecule has 34 heavy (non-hydrogen) atoms. The van der Waals surface area contributed by atoms with E-state index in [0.717, 1.165) is 16.8 Å². The third-order valence-corrected chi connectivity index (χ3v) is 5.12. The molecule has 1 amide bonds. The summed E-state index contributed by atoms with van der Waals surface area (Å²) in [7, 11) is 0. The van der Waals surface area contributed by atoms with Gasteiger partial charge in [0.05, 0.1) is 11.3 Å². The summed E-state index contributed by atoms with van der Waals surface area (Å²) < 4.78 is 34.4. The second-order valence-corrected chi connectivity index (χ2v) is 7.59. The van der Waals surface area contributed by atoms with Crippen LogP contribution in [0.5, 0.6) is 0 Å². The number of halogens is 3. The van der Waals surface area contributed by atoms with E-state index in [0.29, 0.717) is 28.0 Å². The van der Waals surface area contributed by atoms with Gasteiger partial charge in [0.15, 0.2) is 5.65 Å². The van der Waals surface area contributed by atoms with Crippen molar-refractivity contribution in [3.63, 3.8) is 0 Å². The van der Waals surface area contributed by atoms with Crippen molar-refractivity contribution in [1.29, 1.82) is 0 Å². The molecule has 0 fully saturated rings. The van der Waals surface area contributed by atoms with E-state index in [9.17, 15) is 18.4 Å². The Balaban J connectivity index is 1.44. The molecule has 5 rings (SSSR count). The maximum Gasteiger partial charge on any atom is 0.350 e. The maximum absolute atomic E-state index is 13.8. The third-order valence-electron chi connectivity index (χ3n) is 4.87. The lowest BCUT2D eigenvalue weighted by Crippen LogP contribution is -2.28. The van der Waals surface area contributed by atoms with Crippen molar-refractivity contribution in [3.05, 3.63) is 87.9 Å². The number of nitrogens with one attached hydrogen (secondary N) is 1. The number of benzene rings is 2. The monoisotopic (exact) mass is 482 g/mol. The standard InChI is InChI=1S/C22H13ClF2N6O3/c23-13-5-3-12(4-6-13)19-27-21(34-29-19)15-2-1-9-30-20(15)28-31(22(30)33)11-18(32)26-17-8-7-14(24)10-16(17)25/h1-10H,11H2,(H,26,32). The summed E-state index contributed by atoms with van der Waals surface area (Å²) in [5, 5.41) is 11.0. The lowest BCUT2D eigenvalue weighted by atomic mass is 10.2. The van der Waals surface area contributed by atoms with Crippen LogP contribution in [0.4, 0.5) is 14.5 Å². The zero-order valence-electron chi connectivity index (χ0n) is 17.1. The highest BCUT2D eigenvalue weighted by Gasteiger charge is 2.19. The van der Waals surface area contributed by atoms with Crippen molar-refractivity contribution in [2.75, 3.05) is 5.32 Å². The predicted molar refractivity (Wildman–Crippen MR) is 118 cm³/mol. The first-order valence-electron chi connectivity index (χ1n) is 9.82. The van der Waals surface area contributed by atoms with Gasteiger partial charge in [0, 0.05) is 22.8 Å². The van der Waals surface area contributed by atoms with Gasteiger partial charge in [0.2, 0.25) is 11.7 Å². The van der Waals surface area contributed by atoms with E-state index < -0.39 is 29.8 Å². The number of fused-ring (bicyclic) bond motifs is 1. The van der Waals surface area contributed by atoms with Crippen molar-refractivity contribution < 1.29 is 18.1 Å². The van der Waals surface area contributed by atoms with Gasteiger partial charge in [-0.25, -0.2) is 22.7 Å². The first-order chi connectivity index (χ1) is 16.4. The molecule has 0 bridgehead atoms. The lowest BCUT2D eigenvalue weighted by molar-refractivity contribution is -0.117. The Kier molecular flexibility index (Phi) is 5.38. The van der Waals surface area contributed by atoms with Crippen molar-refractivity contribution in [3.8, 4) is 22.8 Å². The van der Waals surface area contributed by atoms with E-state index in [-0.39, 0.29) is 17.2 Å². The highest BCUT2D eigenvalue weighted by molar-refractivity contribution is 6.30. The number of rotatable bonds is 5. The molecule has 0 unspecified atom stereocenters. The van der Waals surface area contributed by atoms with Crippen LogP contribution in [0.25, 0.3) is 28.5 Å². The van der Waals surface area contributed by atoms with Gasteiger partial charge in [-0.1, -0.05) is 16.8 Å². The fourth-order valence-corrected chi connectivity index (χ4v) is 3.40. The lowest BCUT2D eigenvalue weighted by Gasteiger charge is -2.05. The molecule has 0 radical (unpaired) electrons. The minimum Gasteiger partial charge on any atom is -0.333 e. The van der Waals surface area contributed by atoms with Crippen molar-refractivity contribution >= 4 is 28.8 Å². The molecule has 0 saturated heterocycles. The highest BCUT2D eigenvalue weighted by Crippen LogP contribution is 2.25. The van der Waals surface area contributed by atoms with Gasteiger partial charge in [-0.15, -0.1) is 5.10 Å². The molecule has 12 heteroatoms. The smallest absolute Gasteiger partial charge is 0.333 e. The molecule has 0 aliphatic carbocycles. The zero-order valence-corrected chi connectivity index (χ0v) is 17.8.